The summed E-state index contributed by atoms with van der Waals surface area (Å²) in [5.74, 6) is 0. The second-order valence-electron chi connectivity index (χ2n) is 4.62. The molecule has 0 saturated carbocycles. The third-order valence-electron chi connectivity index (χ3n) is 2.69. The van der Waals surface area contributed by atoms with E-state index in [9.17, 15) is 0 Å². The zero-order valence-corrected chi connectivity index (χ0v) is 10.6. The van der Waals surface area contributed by atoms with E-state index in [1.807, 2.05) is 16.9 Å². The van der Waals surface area contributed by atoms with Gasteiger partial charge in [0, 0.05) is 25.0 Å². The number of rotatable bonds is 4. The minimum absolute atomic E-state index is 0.487. The Labute approximate surface area is 102 Å². The predicted molar refractivity (Wildman–Crippen MR) is 70.3 cm³/mol. The molecule has 0 amide bonds. The quantitative estimate of drug-likeness (QED) is 0.873. The van der Waals surface area contributed by atoms with E-state index in [2.05, 4.69) is 49.4 Å². The van der Waals surface area contributed by atoms with E-state index in [4.69, 9.17) is 0 Å². The molecule has 17 heavy (non-hydrogen) atoms. The van der Waals surface area contributed by atoms with Crippen LogP contribution >= 0.6 is 0 Å². The molecule has 3 heteroatoms. The minimum atomic E-state index is 0.487. The fourth-order valence-corrected chi connectivity index (χ4v) is 1.80. The van der Waals surface area contributed by atoms with Crippen molar-refractivity contribution < 1.29 is 0 Å². The molecular formula is C14H19N3. The maximum atomic E-state index is 4.29. The first-order chi connectivity index (χ1) is 8.16. The Hall–Kier alpha value is -1.61. The molecule has 1 aromatic carbocycles. The molecule has 0 unspecified atom stereocenters. The Kier molecular flexibility index (Phi) is 3.59. The van der Waals surface area contributed by atoms with Crippen molar-refractivity contribution in [3.63, 3.8) is 0 Å². The first kappa shape index (κ1) is 11.9. The van der Waals surface area contributed by atoms with Gasteiger partial charge in [0.2, 0.25) is 0 Å². The van der Waals surface area contributed by atoms with Crippen molar-refractivity contribution in [2.24, 2.45) is 0 Å². The highest BCUT2D eigenvalue weighted by atomic mass is 15.3. The first-order valence-corrected chi connectivity index (χ1v) is 6.00. The van der Waals surface area contributed by atoms with Gasteiger partial charge >= 0.3 is 0 Å². The van der Waals surface area contributed by atoms with Crippen molar-refractivity contribution >= 4 is 0 Å². The molecule has 0 radical (unpaired) electrons. The number of nitrogens with one attached hydrogen (secondary N) is 1. The molecule has 3 nitrogen and oxygen atoms in total. The van der Waals surface area contributed by atoms with E-state index in [1.54, 1.807) is 6.20 Å². The molecule has 0 atom stereocenters. The molecule has 0 aliphatic heterocycles. The molecule has 1 aromatic heterocycles. The smallest absolute Gasteiger partial charge is 0.0690 e. The lowest BCUT2D eigenvalue weighted by atomic mass is 10.1. The lowest BCUT2D eigenvalue weighted by molar-refractivity contribution is 0.586. The third kappa shape index (κ3) is 2.94. The number of aromatic nitrogens is 2. The summed E-state index contributed by atoms with van der Waals surface area (Å²) in [5.41, 5.74) is 3.71. The predicted octanol–water partition coefficient (Wildman–Crippen LogP) is 2.68. The Bertz CT molecular complexity index is 472. The molecule has 0 aliphatic carbocycles. The van der Waals surface area contributed by atoms with Gasteiger partial charge in [-0.3, -0.25) is 0 Å². The summed E-state index contributed by atoms with van der Waals surface area (Å²) in [5, 5.41) is 7.74. The Morgan fingerprint density at radius 2 is 2.18 bits per heavy atom. The number of hydrogen-bond acceptors (Lipinski definition) is 2. The average molecular weight is 229 g/mol. The van der Waals surface area contributed by atoms with Crippen molar-refractivity contribution in [3.8, 4) is 5.69 Å². The standard InChI is InChI=1S/C14H19N3/c1-11(2)15-10-13-9-12(3)5-6-14(13)17-8-4-7-16-17/h4-9,11,15H,10H2,1-3H3. The molecule has 1 N–H and O–H groups in total. The molecule has 0 spiro atoms. The van der Waals surface area contributed by atoms with Crippen LogP contribution in [0.5, 0.6) is 0 Å². The van der Waals surface area contributed by atoms with Crippen LogP contribution in [0.2, 0.25) is 0 Å². The van der Waals surface area contributed by atoms with Gasteiger partial charge in [-0.05, 0) is 24.6 Å². The highest BCUT2D eigenvalue weighted by Crippen LogP contribution is 2.15. The first-order valence-electron chi connectivity index (χ1n) is 6.00. The SMILES string of the molecule is Cc1ccc(-n2cccn2)c(CNC(C)C)c1. The van der Waals surface area contributed by atoms with Gasteiger partial charge in [-0.1, -0.05) is 31.5 Å². The van der Waals surface area contributed by atoms with Gasteiger partial charge in [-0.15, -0.1) is 0 Å². The van der Waals surface area contributed by atoms with Crippen LogP contribution in [0.15, 0.2) is 36.7 Å². The maximum Gasteiger partial charge on any atom is 0.0690 e. The minimum Gasteiger partial charge on any atom is -0.310 e. The Balaban J connectivity index is 2.31. The van der Waals surface area contributed by atoms with Crippen LogP contribution in [0.3, 0.4) is 0 Å². The van der Waals surface area contributed by atoms with Crippen molar-refractivity contribution in [2.45, 2.75) is 33.4 Å². The van der Waals surface area contributed by atoms with Gasteiger partial charge in [0.1, 0.15) is 0 Å². The van der Waals surface area contributed by atoms with Gasteiger partial charge in [0.05, 0.1) is 5.69 Å². The average Bonchev–Trinajstić information content (AvgIpc) is 2.80. The van der Waals surface area contributed by atoms with E-state index >= 15 is 0 Å². The van der Waals surface area contributed by atoms with Gasteiger partial charge in [0.25, 0.3) is 0 Å². The van der Waals surface area contributed by atoms with E-state index in [1.165, 1.54) is 11.1 Å². The molecule has 2 rings (SSSR count). The largest absolute Gasteiger partial charge is 0.310 e. The van der Waals surface area contributed by atoms with Crippen LogP contribution in [0.25, 0.3) is 5.69 Å². The molecule has 0 aliphatic rings. The van der Waals surface area contributed by atoms with Crippen LogP contribution < -0.4 is 5.32 Å². The summed E-state index contributed by atoms with van der Waals surface area (Å²) in [6.45, 7) is 7.30. The van der Waals surface area contributed by atoms with Crippen LogP contribution in [-0.4, -0.2) is 15.8 Å². The number of aryl methyl sites for hydroxylation is 1. The topological polar surface area (TPSA) is 29.9 Å². The van der Waals surface area contributed by atoms with Crippen LogP contribution in [0.1, 0.15) is 25.0 Å². The highest BCUT2D eigenvalue weighted by molar-refractivity contribution is 5.42. The van der Waals surface area contributed by atoms with E-state index in [0.29, 0.717) is 6.04 Å². The molecule has 90 valence electrons. The third-order valence-corrected chi connectivity index (χ3v) is 2.69. The molecule has 0 fully saturated rings. The summed E-state index contributed by atoms with van der Waals surface area (Å²) in [6.07, 6.45) is 3.78. The zero-order valence-electron chi connectivity index (χ0n) is 10.6. The van der Waals surface area contributed by atoms with E-state index in [-0.39, 0.29) is 0 Å². The lowest BCUT2D eigenvalue weighted by Gasteiger charge is -2.13. The van der Waals surface area contributed by atoms with Gasteiger partial charge in [-0.2, -0.15) is 5.10 Å². The second-order valence-corrected chi connectivity index (χ2v) is 4.62. The van der Waals surface area contributed by atoms with Gasteiger partial charge in [0.15, 0.2) is 0 Å². The lowest BCUT2D eigenvalue weighted by Crippen LogP contribution is -2.22. The number of benzene rings is 1. The van der Waals surface area contributed by atoms with Gasteiger partial charge in [-0.25, -0.2) is 4.68 Å². The van der Waals surface area contributed by atoms with Crippen LogP contribution in [0, 0.1) is 6.92 Å². The molecule has 0 bridgehead atoms. The fourth-order valence-electron chi connectivity index (χ4n) is 1.80. The van der Waals surface area contributed by atoms with Crippen molar-refractivity contribution in [1.82, 2.24) is 15.1 Å². The summed E-state index contributed by atoms with van der Waals surface area (Å²) < 4.78 is 1.91. The summed E-state index contributed by atoms with van der Waals surface area (Å²) >= 11 is 0. The molecule has 2 aromatic rings. The summed E-state index contributed by atoms with van der Waals surface area (Å²) in [6, 6.07) is 8.89. The fraction of sp³-hybridized carbons (Fsp3) is 0.357. The van der Waals surface area contributed by atoms with Crippen LogP contribution in [0.4, 0.5) is 0 Å². The molecule has 1 heterocycles. The zero-order chi connectivity index (χ0) is 12.3. The highest BCUT2D eigenvalue weighted by Gasteiger charge is 2.05. The number of hydrogen-bond donors (Lipinski definition) is 1. The second kappa shape index (κ2) is 5.15. The Morgan fingerprint density at radius 1 is 1.35 bits per heavy atom. The molecule has 0 saturated heterocycles. The Morgan fingerprint density at radius 3 is 2.82 bits per heavy atom. The van der Waals surface area contributed by atoms with Crippen molar-refractivity contribution in [1.29, 1.82) is 0 Å². The van der Waals surface area contributed by atoms with E-state index in [0.717, 1.165) is 12.2 Å². The van der Waals surface area contributed by atoms with E-state index < -0.39 is 0 Å². The van der Waals surface area contributed by atoms with Crippen molar-refractivity contribution in [3.05, 3.63) is 47.8 Å². The molecular weight excluding hydrogens is 210 g/mol. The van der Waals surface area contributed by atoms with Gasteiger partial charge < -0.3 is 5.32 Å². The van der Waals surface area contributed by atoms with Crippen LogP contribution in [-0.2, 0) is 6.54 Å². The number of nitrogens with zero attached hydrogens (tertiary/aromatic N) is 2. The monoisotopic (exact) mass is 229 g/mol. The normalized spacial score (nSPS) is 11.1. The maximum absolute atomic E-state index is 4.29. The van der Waals surface area contributed by atoms with Crippen molar-refractivity contribution in [2.75, 3.05) is 0 Å². The summed E-state index contributed by atoms with van der Waals surface area (Å²) in [7, 11) is 0. The summed E-state index contributed by atoms with van der Waals surface area (Å²) in [4.78, 5) is 0.